The summed E-state index contributed by atoms with van der Waals surface area (Å²) in [5.41, 5.74) is 6.44. The first-order valence-corrected chi connectivity index (χ1v) is 7.84. The Morgan fingerprint density at radius 2 is 1.95 bits per heavy atom. The van der Waals surface area contributed by atoms with Crippen molar-refractivity contribution >= 4 is 40.2 Å². The van der Waals surface area contributed by atoms with Crippen molar-refractivity contribution in [3.63, 3.8) is 0 Å². The fourth-order valence-corrected chi connectivity index (χ4v) is 2.97. The van der Waals surface area contributed by atoms with Crippen LogP contribution in [0.25, 0.3) is 0 Å². The highest BCUT2D eigenvalue weighted by atomic mass is 79.9. The zero-order valence-electron chi connectivity index (χ0n) is 12.2. The van der Waals surface area contributed by atoms with E-state index in [2.05, 4.69) is 38.7 Å². The summed E-state index contributed by atoms with van der Waals surface area (Å²) >= 11 is 3.49. The molecule has 2 amide bonds. The van der Waals surface area contributed by atoms with Gasteiger partial charge in [-0.3, -0.25) is 9.59 Å². The molecule has 0 unspecified atom stereocenters. The van der Waals surface area contributed by atoms with E-state index < -0.39 is 0 Å². The molecule has 4 N–H and O–H groups in total. The van der Waals surface area contributed by atoms with E-state index in [1.807, 2.05) is 12.1 Å². The second-order valence-corrected chi connectivity index (χ2v) is 6.32. The van der Waals surface area contributed by atoms with Crippen molar-refractivity contribution in [2.75, 3.05) is 19.6 Å². The number of rotatable bonds is 6. The molecule has 1 saturated carbocycles. The van der Waals surface area contributed by atoms with E-state index in [1.54, 1.807) is 0 Å². The maximum atomic E-state index is 11.8. The molecule has 0 heterocycles. The molecule has 22 heavy (non-hydrogen) atoms. The summed E-state index contributed by atoms with van der Waals surface area (Å²) in [7, 11) is 0. The number of hydrogen-bond donors (Lipinski definition) is 3. The normalized spacial score (nSPS) is 15.2. The number of amides is 2. The van der Waals surface area contributed by atoms with Gasteiger partial charge in [-0.25, -0.2) is 0 Å². The van der Waals surface area contributed by atoms with Gasteiger partial charge in [0.15, 0.2) is 0 Å². The molecule has 122 valence electrons. The van der Waals surface area contributed by atoms with Gasteiger partial charge in [0.2, 0.25) is 11.8 Å². The van der Waals surface area contributed by atoms with E-state index in [0.717, 1.165) is 17.3 Å². The molecular formula is C15H21BrClN3O2. The lowest BCUT2D eigenvalue weighted by atomic mass is 9.64. The average molecular weight is 391 g/mol. The molecule has 1 aliphatic carbocycles. The van der Waals surface area contributed by atoms with Gasteiger partial charge >= 0.3 is 0 Å². The highest BCUT2D eigenvalue weighted by molar-refractivity contribution is 9.10. The van der Waals surface area contributed by atoms with E-state index in [9.17, 15) is 9.59 Å². The zero-order chi connectivity index (χ0) is 15.3. The predicted octanol–water partition coefficient (Wildman–Crippen LogP) is 1.48. The van der Waals surface area contributed by atoms with Crippen molar-refractivity contribution in [1.82, 2.24) is 10.6 Å². The first-order chi connectivity index (χ1) is 10.1. The van der Waals surface area contributed by atoms with E-state index in [0.29, 0.717) is 6.54 Å². The molecule has 5 nitrogen and oxygen atoms in total. The van der Waals surface area contributed by atoms with Gasteiger partial charge in [-0.2, -0.15) is 0 Å². The van der Waals surface area contributed by atoms with Crippen LogP contribution in [-0.2, 0) is 15.0 Å². The molecule has 1 aliphatic rings. The molecule has 0 saturated heterocycles. The van der Waals surface area contributed by atoms with Gasteiger partial charge in [-0.1, -0.05) is 34.5 Å². The standard InChI is InChI=1S/C15H20BrN3O2.ClH/c16-12-4-1-3-11(7-12)15(5-2-6-15)10-19-14(21)9-18-13(20)8-17;/h1,3-4,7H,2,5-6,8-10,17H2,(H,18,20)(H,19,21);1H. The van der Waals surface area contributed by atoms with Gasteiger partial charge in [-0.05, 0) is 30.5 Å². The molecule has 0 aliphatic heterocycles. The third-order valence-corrected chi connectivity index (χ3v) is 4.50. The van der Waals surface area contributed by atoms with Crippen LogP contribution in [0.15, 0.2) is 28.7 Å². The number of nitrogens with one attached hydrogen (secondary N) is 2. The minimum Gasteiger partial charge on any atom is -0.354 e. The molecule has 1 aromatic carbocycles. The summed E-state index contributed by atoms with van der Waals surface area (Å²) in [6.45, 7) is 0.473. The lowest BCUT2D eigenvalue weighted by molar-refractivity contribution is -0.125. The third kappa shape index (κ3) is 4.69. The first-order valence-electron chi connectivity index (χ1n) is 7.05. The number of benzene rings is 1. The Morgan fingerprint density at radius 1 is 1.23 bits per heavy atom. The summed E-state index contributed by atoms with van der Waals surface area (Å²) in [5, 5.41) is 5.38. The van der Waals surface area contributed by atoms with Crippen LogP contribution in [0.4, 0.5) is 0 Å². The molecule has 1 fully saturated rings. The minimum absolute atomic E-state index is 0. The zero-order valence-corrected chi connectivity index (χ0v) is 14.6. The largest absolute Gasteiger partial charge is 0.354 e. The summed E-state index contributed by atoms with van der Waals surface area (Å²) in [6, 6.07) is 8.23. The maximum absolute atomic E-state index is 11.8. The van der Waals surface area contributed by atoms with Crippen LogP contribution in [0.2, 0.25) is 0 Å². The maximum Gasteiger partial charge on any atom is 0.239 e. The molecule has 0 spiro atoms. The number of carbonyl (C=O) groups is 2. The lowest BCUT2D eigenvalue weighted by Gasteiger charge is -2.42. The monoisotopic (exact) mass is 389 g/mol. The van der Waals surface area contributed by atoms with Crippen molar-refractivity contribution in [1.29, 1.82) is 0 Å². The number of carbonyl (C=O) groups excluding carboxylic acids is 2. The second-order valence-electron chi connectivity index (χ2n) is 5.40. The van der Waals surface area contributed by atoms with Crippen LogP contribution in [0, 0.1) is 0 Å². The number of halogens is 2. The molecule has 1 aromatic rings. The van der Waals surface area contributed by atoms with Crippen LogP contribution in [0.5, 0.6) is 0 Å². The Balaban J connectivity index is 0.00000242. The lowest BCUT2D eigenvalue weighted by Crippen LogP contribution is -2.48. The van der Waals surface area contributed by atoms with Crippen molar-refractivity contribution in [3.05, 3.63) is 34.3 Å². The average Bonchev–Trinajstić information content (AvgIpc) is 2.43. The highest BCUT2D eigenvalue weighted by Crippen LogP contribution is 2.43. The molecule has 0 radical (unpaired) electrons. The molecular weight excluding hydrogens is 370 g/mol. The number of nitrogens with two attached hydrogens (primary N) is 1. The molecule has 2 rings (SSSR count). The summed E-state index contributed by atoms with van der Waals surface area (Å²) in [5.74, 6) is -0.506. The first kappa shape index (κ1) is 18.9. The van der Waals surface area contributed by atoms with E-state index in [4.69, 9.17) is 5.73 Å². The topological polar surface area (TPSA) is 84.2 Å². The van der Waals surface area contributed by atoms with Crippen molar-refractivity contribution in [3.8, 4) is 0 Å². The fraction of sp³-hybridized carbons (Fsp3) is 0.467. The Labute approximate surface area is 144 Å². The molecule has 0 bridgehead atoms. The van der Waals surface area contributed by atoms with Crippen LogP contribution in [-0.4, -0.2) is 31.4 Å². The van der Waals surface area contributed by atoms with Crippen LogP contribution in [0.1, 0.15) is 24.8 Å². The highest BCUT2D eigenvalue weighted by Gasteiger charge is 2.38. The minimum atomic E-state index is -0.324. The van der Waals surface area contributed by atoms with Gasteiger partial charge < -0.3 is 16.4 Å². The van der Waals surface area contributed by atoms with Gasteiger partial charge in [0.05, 0.1) is 13.1 Å². The van der Waals surface area contributed by atoms with Gasteiger partial charge in [-0.15, -0.1) is 12.4 Å². The Bertz CT molecular complexity index is 535. The second kappa shape index (κ2) is 8.50. The van der Waals surface area contributed by atoms with Crippen molar-refractivity contribution in [2.45, 2.75) is 24.7 Å². The molecule has 0 aromatic heterocycles. The van der Waals surface area contributed by atoms with Crippen LogP contribution < -0.4 is 16.4 Å². The summed E-state index contributed by atoms with van der Waals surface area (Å²) in [4.78, 5) is 22.8. The molecule has 7 heteroatoms. The smallest absolute Gasteiger partial charge is 0.239 e. The summed E-state index contributed by atoms with van der Waals surface area (Å²) < 4.78 is 1.05. The van der Waals surface area contributed by atoms with Gasteiger partial charge in [0.25, 0.3) is 0 Å². The van der Waals surface area contributed by atoms with E-state index in [-0.39, 0.29) is 42.7 Å². The number of hydrogen-bond acceptors (Lipinski definition) is 3. The third-order valence-electron chi connectivity index (χ3n) is 4.00. The van der Waals surface area contributed by atoms with Gasteiger partial charge in [0, 0.05) is 16.4 Å². The SMILES string of the molecule is Cl.NCC(=O)NCC(=O)NCC1(c2cccc(Br)c2)CCC1. The van der Waals surface area contributed by atoms with E-state index in [1.165, 1.54) is 12.0 Å². The van der Waals surface area contributed by atoms with Crippen LogP contribution >= 0.6 is 28.3 Å². The molecule has 0 atom stereocenters. The Morgan fingerprint density at radius 3 is 2.50 bits per heavy atom. The van der Waals surface area contributed by atoms with Crippen molar-refractivity contribution < 1.29 is 9.59 Å². The van der Waals surface area contributed by atoms with Gasteiger partial charge in [0.1, 0.15) is 0 Å². The Kier molecular flexibility index (Phi) is 7.32. The fourth-order valence-electron chi connectivity index (χ4n) is 2.57. The predicted molar refractivity (Wildman–Crippen MR) is 92.0 cm³/mol. The van der Waals surface area contributed by atoms with Crippen molar-refractivity contribution in [2.24, 2.45) is 5.73 Å². The Hall–Kier alpha value is -1.11. The summed E-state index contributed by atoms with van der Waals surface area (Å²) in [6.07, 6.45) is 3.31. The van der Waals surface area contributed by atoms with E-state index >= 15 is 0 Å². The van der Waals surface area contributed by atoms with Crippen LogP contribution in [0.3, 0.4) is 0 Å². The quantitative estimate of drug-likeness (QED) is 0.688.